The summed E-state index contributed by atoms with van der Waals surface area (Å²) < 4.78 is 0. The zero-order valence-electron chi connectivity index (χ0n) is 21.2. The van der Waals surface area contributed by atoms with Gasteiger partial charge >= 0.3 is 12.1 Å². The quantitative estimate of drug-likeness (QED) is 0.132. The molecule has 208 valence electrons. The number of rotatable bonds is 9. The lowest BCUT2D eigenvalue weighted by molar-refractivity contribution is 0.209. The van der Waals surface area contributed by atoms with Crippen LogP contribution in [0.4, 0.5) is 15.3 Å². The number of imidazole rings is 1. The standard InChI is InChI=1S/C27H23Cl2N9O3/c28-18-8-11-20(24-35-37-38-36-24)17(13-18)14-30-26(39)32-21(12-15-4-2-1-3-5-15)25-33-22(23(29)34-25)16-6-9-19(10-7-16)31-27(40)41/h1-11,13,21,31H,12,14H2,(H,33,34)(H,40,41)(H2,30,32,39)(H,35,36,37,38)/t21-/m0/s1. The van der Waals surface area contributed by atoms with Crippen molar-refractivity contribution in [3.63, 3.8) is 0 Å². The molecule has 14 heteroatoms. The topological polar surface area (TPSA) is 174 Å². The Morgan fingerprint density at radius 1 is 1.00 bits per heavy atom. The molecule has 0 radical (unpaired) electrons. The lowest BCUT2D eigenvalue weighted by Crippen LogP contribution is -2.39. The summed E-state index contributed by atoms with van der Waals surface area (Å²) in [4.78, 5) is 31.8. The molecule has 1 atom stereocenters. The largest absolute Gasteiger partial charge is 0.465 e. The van der Waals surface area contributed by atoms with Gasteiger partial charge in [0.1, 0.15) is 16.7 Å². The highest BCUT2D eigenvalue weighted by Gasteiger charge is 2.22. The second-order valence-corrected chi connectivity index (χ2v) is 9.71. The number of hydrogen-bond acceptors (Lipinski definition) is 6. The van der Waals surface area contributed by atoms with Crippen LogP contribution in [0.15, 0.2) is 72.8 Å². The number of hydrogen-bond donors (Lipinski definition) is 6. The number of H-pyrrole nitrogens is 2. The van der Waals surface area contributed by atoms with Crippen molar-refractivity contribution in [1.29, 1.82) is 0 Å². The molecule has 0 bridgehead atoms. The maximum absolute atomic E-state index is 13.1. The molecule has 0 spiro atoms. The Kier molecular flexibility index (Phi) is 8.42. The van der Waals surface area contributed by atoms with Gasteiger partial charge in [-0.1, -0.05) is 65.7 Å². The van der Waals surface area contributed by atoms with Crippen molar-refractivity contribution < 1.29 is 14.7 Å². The molecule has 0 saturated carbocycles. The van der Waals surface area contributed by atoms with Gasteiger partial charge in [0.25, 0.3) is 0 Å². The van der Waals surface area contributed by atoms with Crippen LogP contribution in [0, 0.1) is 0 Å². The monoisotopic (exact) mass is 591 g/mol. The number of halogens is 2. The lowest BCUT2D eigenvalue weighted by atomic mass is 10.1. The van der Waals surface area contributed by atoms with Gasteiger partial charge in [0.05, 0.1) is 6.04 Å². The Balaban J connectivity index is 1.35. The van der Waals surface area contributed by atoms with E-state index >= 15 is 0 Å². The fraction of sp³-hybridized carbons (Fsp3) is 0.111. The molecule has 3 aromatic carbocycles. The average Bonchev–Trinajstić information content (AvgIpc) is 3.63. The first-order valence-corrected chi connectivity index (χ1v) is 13.1. The van der Waals surface area contributed by atoms with Gasteiger partial charge in [-0.05, 0) is 53.1 Å². The number of nitrogens with one attached hydrogen (secondary N) is 5. The Morgan fingerprint density at radius 2 is 1.78 bits per heavy atom. The number of carbonyl (C=O) groups excluding carboxylic acids is 1. The number of benzene rings is 3. The molecule has 0 fully saturated rings. The van der Waals surface area contributed by atoms with Gasteiger partial charge in [-0.15, -0.1) is 10.2 Å². The molecule has 5 aromatic rings. The third-order valence-electron chi connectivity index (χ3n) is 6.10. The maximum Gasteiger partial charge on any atom is 0.409 e. The number of amides is 3. The average molecular weight is 592 g/mol. The normalized spacial score (nSPS) is 11.6. The summed E-state index contributed by atoms with van der Waals surface area (Å²) in [6.45, 7) is 0.148. The van der Waals surface area contributed by atoms with Crippen LogP contribution in [0.1, 0.15) is 23.0 Å². The van der Waals surface area contributed by atoms with Crippen molar-refractivity contribution in [2.24, 2.45) is 0 Å². The maximum atomic E-state index is 13.1. The van der Waals surface area contributed by atoms with Crippen molar-refractivity contribution in [3.05, 3.63) is 99.9 Å². The van der Waals surface area contributed by atoms with Gasteiger partial charge < -0.3 is 20.7 Å². The summed E-state index contributed by atoms with van der Waals surface area (Å²) in [6.07, 6.45) is -0.725. The molecule has 5 rings (SSSR count). The van der Waals surface area contributed by atoms with E-state index in [0.29, 0.717) is 51.2 Å². The summed E-state index contributed by atoms with van der Waals surface area (Å²) in [5.41, 5.74) is 3.91. The van der Waals surface area contributed by atoms with Gasteiger partial charge in [-0.3, -0.25) is 5.32 Å². The van der Waals surface area contributed by atoms with Gasteiger partial charge in [0.2, 0.25) is 5.82 Å². The van der Waals surface area contributed by atoms with Crippen LogP contribution < -0.4 is 16.0 Å². The van der Waals surface area contributed by atoms with Crippen LogP contribution in [-0.2, 0) is 13.0 Å². The predicted octanol–water partition coefficient (Wildman–Crippen LogP) is 5.44. The van der Waals surface area contributed by atoms with E-state index in [1.165, 1.54) is 0 Å². The first kappa shape index (κ1) is 27.6. The lowest BCUT2D eigenvalue weighted by Gasteiger charge is -2.18. The molecular formula is C27H23Cl2N9O3. The van der Waals surface area contributed by atoms with E-state index in [0.717, 1.165) is 5.56 Å². The number of aromatic nitrogens is 6. The summed E-state index contributed by atoms with van der Waals surface area (Å²) in [5, 5.41) is 31.9. The van der Waals surface area contributed by atoms with Crippen LogP contribution in [0.3, 0.4) is 0 Å². The summed E-state index contributed by atoms with van der Waals surface area (Å²) >= 11 is 12.7. The molecular weight excluding hydrogens is 569 g/mol. The number of anilines is 1. The van der Waals surface area contributed by atoms with Crippen LogP contribution in [0.5, 0.6) is 0 Å². The molecule has 2 heterocycles. The molecule has 0 aliphatic carbocycles. The first-order valence-electron chi connectivity index (χ1n) is 12.3. The molecule has 41 heavy (non-hydrogen) atoms. The SMILES string of the molecule is O=C(O)Nc1ccc(-c2nc([C@H](Cc3ccccc3)NC(=O)NCc3cc(Cl)ccc3-c3nn[nH]n3)[nH]c2Cl)cc1. The van der Waals surface area contributed by atoms with Crippen molar-refractivity contribution >= 4 is 41.0 Å². The zero-order valence-corrected chi connectivity index (χ0v) is 22.7. The van der Waals surface area contributed by atoms with Crippen LogP contribution in [0.2, 0.25) is 10.2 Å². The van der Waals surface area contributed by atoms with E-state index in [2.05, 4.69) is 46.5 Å². The number of urea groups is 1. The minimum absolute atomic E-state index is 0.148. The molecule has 6 N–H and O–H groups in total. The molecule has 0 aliphatic heterocycles. The minimum Gasteiger partial charge on any atom is -0.465 e. The Bertz CT molecular complexity index is 1640. The number of carbonyl (C=O) groups is 2. The fourth-order valence-corrected chi connectivity index (χ4v) is 4.66. The molecule has 2 aromatic heterocycles. The van der Waals surface area contributed by atoms with Crippen LogP contribution in [-0.4, -0.2) is 47.8 Å². The van der Waals surface area contributed by atoms with E-state index in [9.17, 15) is 9.59 Å². The minimum atomic E-state index is -1.16. The Morgan fingerprint density at radius 3 is 2.49 bits per heavy atom. The fourth-order valence-electron chi connectivity index (χ4n) is 4.21. The molecule has 0 aliphatic rings. The van der Waals surface area contributed by atoms with E-state index in [1.54, 1.807) is 42.5 Å². The molecule has 0 unspecified atom stereocenters. The van der Waals surface area contributed by atoms with E-state index in [1.807, 2.05) is 30.3 Å². The first-order chi connectivity index (χ1) is 19.9. The van der Waals surface area contributed by atoms with Crippen LogP contribution >= 0.6 is 23.2 Å². The summed E-state index contributed by atoms with van der Waals surface area (Å²) in [5.74, 6) is 0.831. The molecule has 0 saturated heterocycles. The Hall–Kier alpha value is -4.94. The number of carboxylic acid groups (broad SMARTS) is 1. The third-order valence-corrected chi connectivity index (χ3v) is 6.61. The van der Waals surface area contributed by atoms with Crippen molar-refractivity contribution in [2.45, 2.75) is 19.0 Å². The van der Waals surface area contributed by atoms with E-state index in [-0.39, 0.29) is 11.7 Å². The second kappa shape index (κ2) is 12.5. The zero-order chi connectivity index (χ0) is 28.8. The van der Waals surface area contributed by atoms with Gasteiger partial charge in [0.15, 0.2) is 0 Å². The summed E-state index contributed by atoms with van der Waals surface area (Å²) in [6, 6.07) is 20.5. The number of aromatic amines is 2. The Labute approximate surface area is 243 Å². The highest BCUT2D eigenvalue weighted by molar-refractivity contribution is 6.32. The van der Waals surface area contributed by atoms with Crippen molar-refractivity contribution in [3.8, 4) is 22.6 Å². The van der Waals surface area contributed by atoms with Crippen molar-refractivity contribution in [1.82, 2.24) is 41.2 Å². The highest BCUT2D eigenvalue weighted by atomic mass is 35.5. The van der Waals surface area contributed by atoms with E-state index in [4.69, 9.17) is 28.3 Å². The van der Waals surface area contributed by atoms with E-state index < -0.39 is 18.2 Å². The molecule has 3 amide bonds. The number of tetrazole rings is 1. The summed E-state index contributed by atoms with van der Waals surface area (Å²) in [7, 11) is 0. The molecule has 12 nitrogen and oxygen atoms in total. The van der Waals surface area contributed by atoms with Crippen LogP contribution in [0.25, 0.3) is 22.6 Å². The predicted molar refractivity (Wildman–Crippen MR) is 154 cm³/mol. The van der Waals surface area contributed by atoms with Gasteiger partial charge in [-0.25, -0.2) is 14.6 Å². The second-order valence-electron chi connectivity index (χ2n) is 8.90. The number of nitrogens with zero attached hydrogens (tertiary/aromatic N) is 4. The van der Waals surface area contributed by atoms with Gasteiger partial charge in [0, 0.05) is 28.4 Å². The third kappa shape index (κ3) is 6.99. The highest BCUT2D eigenvalue weighted by Crippen LogP contribution is 2.29. The van der Waals surface area contributed by atoms with Gasteiger partial charge in [-0.2, -0.15) is 5.21 Å². The smallest absolute Gasteiger partial charge is 0.409 e. The van der Waals surface area contributed by atoms with Crippen molar-refractivity contribution in [2.75, 3.05) is 5.32 Å².